The van der Waals surface area contributed by atoms with Crippen LogP contribution in [0, 0.1) is 0 Å². The topological polar surface area (TPSA) is 90.5 Å². The molecule has 0 saturated carbocycles. The summed E-state index contributed by atoms with van der Waals surface area (Å²) >= 11 is 1.27. The number of fused-ring (bicyclic) bond motifs is 3. The third kappa shape index (κ3) is 2.19. The van der Waals surface area contributed by atoms with Gasteiger partial charge >= 0.3 is 11.7 Å². The van der Waals surface area contributed by atoms with E-state index in [9.17, 15) is 14.4 Å². The van der Waals surface area contributed by atoms with Crippen LogP contribution in [0.4, 0.5) is 0 Å². The van der Waals surface area contributed by atoms with Gasteiger partial charge in [0.15, 0.2) is 0 Å². The van der Waals surface area contributed by atoms with Gasteiger partial charge in [0, 0.05) is 18.3 Å². The van der Waals surface area contributed by atoms with E-state index < -0.39 is 18.2 Å². The van der Waals surface area contributed by atoms with Gasteiger partial charge in [0.05, 0.1) is 17.6 Å². The molecule has 0 radical (unpaired) electrons. The van der Waals surface area contributed by atoms with E-state index >= 15 is 0 Å². The summed E-state index contributed by atoms with van der Waals surface area (Å²) in [6, 6.07) is 0. The van der Waals surface area contributed by atoms with Gasteiger partial charge in [-0.2, -0.15) is 0 Å². The Balaban J connectivity index is 2.40. The van der Waals surface area contributed by atoms with Gasteiger partial charge < -0.3 is 9.84 Å². The molecule has 1 aliphatic heterocycles. The normalized spacial score (nSPS) is 16.7. The predicted octanol–water partition coefficient (Wildman–Crippen LogP) is 0.698. The highest BCUT2D eigenvalue weighted by Gasteiger charge is 2.31. The number of ether oxygens (including phenoxy) is 1. The zero-order valence-corrected chi connectivity index (χ0v) is 13.3. The lowest BCUT2D eigenvalue weighted by atomic mass is 9.94. The van der Waals surface area contributed by atoms with Crippen molar-refractivity contribution in [2.75, 3.05) is 0 Å². The Hall–Kier alpha value is -1.93. The van der Waals surface area contributed by atoms with Crippen LogP contribution in [0.2, 0.25) is 0 Å². The monoisotopic (exact) mass is 324 g/mol. The molecule has 0 spiro atoms. The molecule has 0 fully saturated rings. The van der Waals surface area contributed by atoms with Gasteiger partial charge in [0.2, 0.25) is 0 Å². The van der Waals surface area contributed by atoms with Gasteiger partial charge in [-0.1, -0.05) is 0 Å². The minimum absolute atomic E-state index is 0.367. The lowest BCUT2D eigenvalue weighted by Crippen LogP contribution is -2.39. The molecule has 22 heavy (non-hydrogen) atoms. The summed E-state index contributed by atoms with van der Waals surface area (Å²) in [6.45, 7) is 3.79. The fourth-order valence-corrected chi connectivity index (χ4v) is 3.96. The number of nitrogens with zero attached hydrogens (tertiary/aromatic N) is 2. The molecule has 0 unspecified atom stereocenters. The van der Waals surface area contributed by atoms with Crippen molar-refractivity contribution in [3.63, 3.8) is 0 Å². The molecule has 0 bridgehead atoms. The molecule has 0 aromatic carbocycles. The molecular formula is C14H16N2O5S. The van der Waals surface area contributed by atoms with Gasteiger partial charge in [-0.15, -0.1) is 11.3 Å². The average Bonchev–Trinajstić information content (AvgIpc) is 2.78. The maximum atomic E-state index is 12.5. The first-order chi connectivity index (χ1) is 10.2. The van der Waals surface area contributed by atoms with E-state index in [2.05, 4.69) is 0 Å². The second-order valence-corrected chi connectivity index (χ2v) is 7.12. The summed E-state index contributed by atoms with van der Waals surface area (Å²) in [4.78, 5) is 37.1. The van der Waals surface area contributed by atoms with Crippen LogP contribution in [-0.4, -0.2) is 25.8 Å². The Labute approximate surface area is 129 Å². The van der Waals surface area contributed by atoms with E-state index in [1.165, 1.54) is 18.4 Å². The van der Waals surface area contributed by atoms with Crippen molar-refractivity contribution in [2.45, 2.75) is 39.0 Å². The predicted molar refractivity (Wildman–Crippen MR) is 81.5 cm³/mol. The van der Waals surface area contributed by atoms with Crippen molar-refractivity contribution in [3.05, 3.63) is 31.3 Å². The maximum absolute atomic E-state index is 12.5. The number of hydrogen-bond acceptors (Lipinski definition) is 5. The first-order valence-corrected chi connectivity index (χ1v) is 7.63. The standard InChI is InChI=1S/C14H16N2O5S/c1-14(2)4-7-8(6-21-14)22-12-10(7)11(19)15(3)13(20)16(12)5-9(17)18/h4-6H2,1-3H3,(H,17,18). The lowest BCUT2D eigenvalue weighted by molar-refractivity contribution is -0.137. The molecule has 2 aromatic rings. The summed E-state index contributed by atoms with van der Waals surface area (Å²) < 4.78 is 7.86. The second kappa shape index (κ2) is 4.79. The van der Waals surface area contributed by atoms with E-state index in [0.29, 0.717) is 23.2 Å². The van der Waals surface area contributed by atoms with Gasteiger partial charge in [0.1, 0.15) is 11.4 Å². The highest BCUT2D eigenvalue weighted by Crippen LogP contribution is 2.37. The summed E-state index contributed by atoms with van der Waals surface area (Å²) in [5.74, 6) is -1.12. The summed E-state index contributed by atoms with van der Waals surface area (Å²) in [5.41, 5.74) is -0.508. The number of aromatic nitrogens is 2. The van der Waals surface area contributed by atoms with Crippen molar-refractivity contribution in [3.8, 4) is 0 Å². The van der Waals surface area contributed by atoms with Gasteiger partial charge in [0.25, 0.3) is 5.56 Å². The minimum atomic E-state index is -1.12. The number of carboxylic acid groups (broad SMARTS) is 1. The van der Waals surface area contributed by atoms with E-state index in [-0.39, 0.29) is 11.2 Å². The van der Waals surface area contributed by atoms with Crippen LogP contribution < -0.4 is 11.2 Å². The first-order valence-electron chi connectivity index (χ1n) is 6.81. The van der Waals surface area contributed by atoms with Crippen molar-refractivity contribution in [1.82, 2.24) is 9.13 Å². The van der Waals surface area contributed by atoms with E-state index in [0.717, 1.165) is 19.6 Å². The lowest BCUT2D eigenvalue weighted by Gasteiger charge is -2.29. The zero-order chi connectivity index (χ0) is 16.2. The largest absolute Gasteiger partial charge is 0.480 e. The number of hydrogen-bond donors (Lipinski definition) is 1. The Kier molecular flexibility index (Phi) is 3.26. The molecule has 3 heterocycles. The summed E-state index contributed by atoms with van der Waals surface area (Å²) in [6.07, 6.45) is 0.558. The molecule has 0 amide bonds. The van der Waals surface area contributed by atoms with Crippen LogP contribution in [0.15, 0.2) is 9.59 Å². The Morgan fingerprint density at radius 1 is 1.41 bits per heavy atom. The zero-order valence-electron chi connectivity index (χ0n) is 12.5. The Morgan fingerprint density at radius 3 is 2.73 bits per heavy atom. The molecule has 3 rings (SSSR count). The van der Waals surface area contributed by atoms with Crippen LogP contribution in [-0.2, 0) is 36.2 Å². The quantitative estimate of drug-likeness (QED) is 0.878. The Morgan fingerprint density at radius 2 is 2.09 bits per heavy atom. The number of carbonyl (C=O) groups is 1. The third-order valence-corrected chi connectivity index (χ3v) is 5.07. The number of thiophene rings is 1. The summed E-state index contributed by atoms with van der Waals surface area (Å²) in [7, 11) is 1.37. The smallest absolute Gasteiger partial charge is 0.332 e. The summed E-state index contributed by atoms with van der Waals surface area (Å²) in [5, 5.41) is 9.47. The van der Waals surface area contributed by atoms with Crippen molar-refractivity contribution in [2.24, 2.45) is 7.05 Å². The van der Waals surface area contributed by atoms with E-state index in [1.54, 1.807) is 0 Å². The van der Waals surface area contributed by atoms with E-state index in [1.807, 2.05) is 13.8 Å². The molecule has 0 saturated heterocycles. The molecule has 2 aromatic heterocycles. The van der Waals surface area contributed by atoms with Gasteiger partial charge in [-0.05, 0) is 19.4 Å². The first kappa shape index (κ1) is 15.0. The fourth-order valence-electron chi connectivity index (χ4n) is 2.75. The van der Waals surface area contributed by atoms with Crippen LogP contribution in [0.1, 0.15) is 24.3 Å². The number of rotatable bonds is 2. The van der Waals surface area contributed by atoms with Crippen molar-refractivity contribution < 1.29 is 14.6 Å². The van der Waals surface area contributed by atoms with Crippen LogP contribution >= 0.6 is 11.3 Å². The van der Waals surface area contributed by atoms with Crippen LogP contribution in [0.5, 0.6) is 0 Å². The van der Waals surface area contributed by atoms with Crippen LogP contribution in [0.3, 0.4) is 0 Å². The Bertz CT molecular complexity index is 903. The average molecular weight is 324 g/mol. The minimum Gasteiger partial charge on any atom is -0.480 e. The second-order valence-electron chi connectivity index (χ2n) is 6.04. The molecule has 0 atom stereocenters. The molecule has 1 N–H and O–H groups in total. The molecule has 0 aliphatic carbocycles. The third-order valence-electron chi connectivity index (χ3n) is 3.84. The number of carboxylic acids is 1. The van der Waals surface area contributed by atoms with Crippen LogP contribution in [0.25, 0.3) is 10.2 Å². The van der Waals surface area contributed by atoms with Crippen molar-refractivity contribution in [1.29, 1.82) is 0 Å². The molecular weight excluding hydrogens is 308 g/mol. The maximum Gasteiger partial charge on any atom is 0.332 e. The van der Waals surface area contributed by atoms with E-state index in [4.69, 9.17) is 9.84 Å². The number of aliphatic carboxylic acids is 1. The SMILES string of the molecule is Cn1c(=O)c2c3c(sc2n(CC(=O)O)c1=O)COC(C)(C)C3. The molecule has 7 nitrogen and oxygen atoms in total. The van der Waals surface area contributed by atoms with Gasteiger partial charge in [-0.25, -0.2) is 4.79 Å². The molecule has 1 aliphatic rings. The highest BCUT2D eigenvalue weighted by molar-refractivity contribution is 7.18. The highest BCUT2D eigenvalue weighted by atomic mass is 32.1. The molecule has 8 heteroatoms. The molecule has 118 valence electrons. The fraction of sp³-hybridized carbons (Fsp3) is 0.500. The van der Waals surface area contributed by atoms with Crippen molar-refractivity contribution >= 4 is 27.5 Å². The van der Waals surface area contributed by atoms with Gasteiger partial charge in [-0.3, -0.25) is 18.7 Å².